The smallest absolute Gasteiger partial charge is 0.238 e. The fourth-order valence-corrected chi connectivity index (χ4v) is 3.81. The number of nitrogens with zero attached hydrogens (tertiary/aromatic N) is 2. The highest BCUT2D eigenvalue weighted by atomic mass is 32.2. The zero-order chi connectivity index (χ0) is 18.5. The van der Waals surface area contributed by atoms with E-state index in [2.05, 4.69) is 4.98 Å². The van der Waals surface area contributed by atoms with E-state index in [0.29, 0.717) is 13.0 Å². The minimum atomic E-state index is -3.73. The van der Waals surface area contributed by atoms with Crippen LogP contribution >= 0.6 is 0 Å². The van der Waals surface area contributed by atoms with Crippen molar-refractivity contribution in [2.45, 2.75) is 24.8 Å². The number of aromatic nitrogens is 1. The van der Waals surface area contributed by atoms with Gasteiger partial charge >= 0.3 is 0 Å². The standard InChI is InChI=1S/C19H17N3O3S/c1-12-2-7-16-17(8-12)21-10-14-9-18(23)22(19(14)16)11-13-3-5-15(6-4-13)26(20,24)25/h2-8,10H,9,11H2,1H3,(H2,20,24,25). The SMILES string of the molecule is Cc1ccc2c3c(cnc2c1)CC(=O)N3Cc1ccc(S(N)(=O)=O)cc1. The zero-order valence-electron chi connectivity index (χ0n) is 14.1. The van der Waals surface area contributed by atoms with Crippen molar-refractivity contribution in [3.8, 4) is 0 Å². The van der Waals surface area contributed by atoms with Crippen LogP contribution < -0.4 is 10.0 Å². The van der Waals surface area contributed by atoms with Crippen molar-refractivity contribution >= 4 is 32.5 Å². The highest BCUT2D eigenvalue weighted by Gasteiger charge is 2.29. The molecule has 0 atom stereocenters. The van der Waals surface area contributed by atoms with E-state index < -0.39 is 10.0 Å². The molecule has 26 heavy (non-hydrogen) atoms. The van der Waals surface area contributed by atoms with Crippen LogP contribution in [0.15, 0.2) is 53.6 Å². The average molecular weight is 367 g/mol. The zero-order valence-corrected chi connectivity index (χ0v) is 15.0. The number of pyridine rings is 1. The highest BCUT2D eigenvalue weighted by Crippen LogP contribution is 2.36. The third-order valence-corrected chi connectivity index (χ3v) is 5.51. The number of carbonyl (C=O) groups excluding carboxylic acids is 1. The molecular formula is C19H17N3O3S. The molecule has 1 aliphatic rings. The van der Waals surface area contributed by atoms with Crippen molar-refractivity contribution in [1.82, 2.24) is 4.98 Å². The van der Waals surface area contributed by atoms with Crippen molar-refractivity contribution in [3.63, 3.8) is 0 Å². The number of rotatable bonds is 3. The molecule has 1 amide bonds. The van der Waals surface area contributed by atoms with Gasteiger partial charge in [-0.05, 0) is 36.2 Å². The maximum Gasteiger partial charge on any atom is 0.238 e. The van der Waals surface area contributed by atoms with Gasteiger partial charge in [-0.3, -0.25) is 9.78 Å². The summed E-state index contributed by atoms with van der Waals surface area (Å²) in [6.07, 6.45) is 2.08. The van der Waals surface area contributed by atoms with Gasteiger partial charge in [0.15, 0.2) is 0 Å². The molecule has 0 fully saturated rings. The second kappa shape index (κ2) is 5.89. The quantitative estimate of drug-likeness (QED) is 0.768. The molecule has 4 rings (SSSR count). The number of aryl methyl sites for hydroxylation is 1. The van der Waals surface area contributed by atoms with Crippen molar-refractivity contribution in [3.05, 3.63) is 65.4 Å². The van der Waals surface area contributed by atoms with Crippen LogP contribution in [0.2, 0.25) is 0 Å². The maximum atomic E-state index is 12.6. The molecule has 6 nitrogen and oxygen atoms in total. The summed E-state index contributed by atoms with van der Waals surface area (Å²) in [7, 11) is -3.73. The van der Waals surface area contributed by atoms with Gasteiger partial charge in [-0.1, -0.05) is 24.3 Å². The molecule has 3 aromatic rings. The maximum absolute atomic E-state index is 12.6. The number of hydrogen-bond acceptors (Lipinski definition) is 4. The summed E-state index contributed by atoms with van der Waals surface area (Å²) in [4.78, 5) is 18.8. The van der Waals surface area contributed by atoms with E-state index in [1.54, 1.807) is 23.2 Å². The lowest BCUT2D eigenvalue weighted by atomic mass is 10.1. The Morgan fingerprint density at radius 1 is 1.15 bits per heavy atom. The Hall–Kier alpha value is -2.77. The van der Waals surface area contributed by atoms with Gasteiger partial charge < -0.3 is 4.90 Å². The van der Waals surface area contributed by atoms with Crippen LogP contribution in [0.5, 0.6) is 0 Å². The Bertz CT molecular complexity index is 1140. The molecule has 0 spiro atoms. The fraction of sp³-hybridized carbons (Fsp3) is 0.158. The van der Waals surface area contributed by atoms with Crippen molar-refractivity contribution in [2.24, 2.45) is 5.14 Å². The van der Waals surface area contributed by atoms with Crippen molar-refractivity contribution < 1.29 is 13.2 Å². The Balaban J connectivity index is 1.74. The topological polar surface area (TPSA) is 93.4 Å². The summed E-state index contributed by atoms with van der Waals surface area (Å²) in [5.74, 6) is 0.00500. The molecule has 0 aliphatic carbocycles. The van der Waals surface area contributed by atoms with Gasteiger partial charge in [0.2, 0.25) is 15.9 Å². The van der Waals surface area contributed by atoms with E-state index in [-0.39, 0.29) is 10.8 Å². The van der Waals surface area contributed by atoms with Gasteiger partial charge in [-0.15, -0.1) is 0 Å². The lowest BCUT2D eigenvalue weighted by Crippen LogP contribution is -2.26. The van der Waals surface area contributed by atoms with Crippen LogP contribution in [0.1, 0.15) is 16.7 Å². The van der Waals surface area contributed by atoms with Gasteiger partial charge in [-0.2, -0.15) is 0 Å². The molecule has 2 heterocycles. The number of amides is 1. The second-order valence-corrected chi connectivity index (χ2v) is 8.06. The highest BCUT2D eigenvalue weighted by molar-refractivity contribution is 7.89. The van der Waals surface area contributed by atoms with E-state index in [1.807, 2.05) is 25.1 Å². The first-order valence-corrected chi connectivity index (χ1v) is 9.68. The van der Waals surface area contributed by atoms with Gasteiger partial charge in [-0.25, -0.2) is 13.6 Å². The Labute approximate surface area is 151 Å². The van der Waals surface area contributed by atoms with Crippen LogP contribution in [0, 0.1) is 6.92 Å². The van der Waals surface area contributed by atoms with Gasteiger partial charge in [0, 0.05) is 17.1 Å². The van der Waals surface area contributed by atoms with E-state index in [0.717, 1.165) is 33.3 Å². The van der Waals surface area contributed by atoms with Crippen molar-refractivity contribution in [1.29, 1.82) is 0 Å². The molecule has 1 aliphatic heterocycles. The van der Waals surface area contributed by atoms with Crippen LogP contribution in [0.4, 0.5) is 5.69 Å². The molecule has 7 heteroatoms. The van der Waals surface area contributed by atoms with Crippen LogP contribution in [0.25, 0.3) is 10.9 Å². The summed E-state index contributed by atoms with van der Waals surface area (Å²) in [6, 6.07) is 12.3. The molecule has 2 aromatic carbocycles. The van der Waals surface area contributed by atoms with Gasteiger partial charge in [0.25, 0.3) is 0 Å². The van der Waals surface area contributed by atoms with Crippen molar-refractivity contribution in [2.75, 3.05) is 4.90 Å². The molecule has 2 N–H and O–H groups in total. The third-order valence-electron chi connectivity index (χ3n) is 4.58. The number of nitrogens with two attached hydrogens (primary N) is 1. The molecule has 0 unspecified atom stereocenters. The van der Waals surface area contributed by atoms with E-state index >= 15 is 0 Å². The largest absolute Gasteiger partial charge is 0.307 e. The fourth-order valence-electron chi connectivity index (χ4n) is 3.30. The summed E-state index contributed by atoms with van der Waals surface area (Å²) < 4.78 is 22.8. The molecule has 0 radical (unpaired) electrons. The third kappa shape index (κ3) is 2.85. The van der Waals surface area contributed by atoms with Crippen LogP contribution in [-0.2, 0) is 27.8 Å². The first kappa shape index (κ1) is 16.7. The van der Waals surface area contributed by atoms with E-state index in [4.69, 9.17) is 5.14 Å². The number of benzene rings is 2. The average Bonchev–Trinajstić information content (AvgIpc) is 2.90. The molecule has 0 bridgehead atoms. The first-order chi connectivity index (χ1) is 12.3. The van der Waals surface area contributed by atoms with E-state index in [9.17, 15) is 13.2 Å². The van der Waals surface area contributed by atoms with Gasteiger partial charge in [0.1, 0.15) is 0 Å². The normalized spacial score (nSPS) is 14.1. The summed E-state index contributed by atoms with van der Waals surface area (Å²) in [5, 5.41) is 6.08. The molecule has 0 saturated carbocycles. The number of primary sulfonamides is 1. The number of carbonyl (C=O) groups is 1. The van der Waals surface area contributed by atoms with Crippen LogP contribution in [-0.4, -0.2) is 19.3 Å². The monoisotopic (exact) mass is 367 g/mol. The number of fused-ring (bicyclic) bond motifs is 3. The Kier molecular flexibility index (Phi) is 3.78. The Morgan fingerprint density at radius 3 is 2.58 bits per heavy atom. The molecular weight excluding hydrogens is 350 g/mol. The predicted molar refractivity (Wildman–Crippen MR) is 99.2 cm³/mol. The summed E-state index contributed by atoms with van der Waals surface area (Å²) >= 11 is 0. The lowest BCUT2D eigenvalue weighted by Gasteiger charge is -2.19. The molecule has 1 aromatic heterocycles. The number of hydrogen-bond donors (Lipinski definition) is 1. The number of sulfonamides is 1. The Morgan fingerprint density at radius 2 is 1.88 bits per heavy atom. The first-order valence-electron chi connectivity index (χ1n) is 8.13. The minimum Gasteiger partial charge on any atom is -0.307 e. The second-order valence-electron chi connectivity index (χ2n) is 6.50. The molecule has 0 saturated heterocycles. The lowest BCUT2D eigenvalue weighted by molar-refractivity contribution is -0.117. The van der Waals surface area contributed by atoms with E-state index in [1.165, 1.54) is 12.1 Å². The predicted octanol–water partition coefficient (Wildman–Crippen LogP) is 2.28. The summed E-state index contributed by atoms with van der Waals surface area (Å²) in [5.41, 5.74) is 4.59. The summed E-state index contributed by atoms with van der Waals surface area (Å²) in [6.45, 7) is 2.37. The van der Waals surface area contributed by atoms with Gasteiger partial charge in [0.05, 0.1) is 29.1 Å². The minimum absolute atomic E-state index is 0.00500. The van der Waals surface area contributed by atoms with Crippen LogP contribution in [0.3, 0.4) is 0 Å². The molecule has 132 valence electrons. The number of anilines is 1.